The molecule has 0 radical (unpaired) electrons. The van der Waals surface area contributed by atoms with Crippen LogP contribution < -0.4 is 33.2 Å². The Kier molecular flexibility index (Phi) is 12.5. The van der Waals surface area contributed by atoms with Crippen LogP contribution in [-0.4, -0.2) is 91.8 Å². The van der Waals surface area contributed by atoms with Crippen molar-refractivity contribution in [1.82, 2.24) is 25.9 Å². The third-order valence-electron chi connectivity index (χ3n) is 5.96. The number of nitrogens with one attached hydrogen (secondary N) is 4. The van der Waals surface area contributed by atoms with E-state index in [9.17, 15) is 34.5 Å². The molecule has 2 rings (SSSR count). The number of H-pyrrole nitrogens is 1. The maximum absolute atomic E-state index is 13.2. The first-order valence-corrected chi connectivity index (χ1v) is 12.8. The minimum absolute atomic E-state index is 0.0104. The van der Waals surface area contributed by atoms with Crippen molar-refractivity contribution in [3.63, 3.8) is 0 Å². The Bertz CT molecular complexity index is 1180. The maximum Gasteiger partial charge on any atom is 0.326 e. The van der Waals surface area contributed by atoms with Gasteiger partial charge in [0.2, 0.25) is 17.7 Å². The van der Waals surface area contributed by atoms with Crippen LogP contribution in [0.2, 0.25) is 0 Å². The summed E-state index contributed by atoms with van der Waals surface area (Å²) in [5.41, 5.74) is 17.8. The number of carbonyl (C=O) groups excluding carboxylic acids is 3. The number of aliphatic carboxylic acids is 1. The van der Waals surface area contributed by atoms with E-state index in [1.807, 2.05) is 0 Å². The lowest BCUT2D eigenvalue weighted by Crippen LogP contribution is -2.60. The molecule has 0 saturated heterocycles. The Balaban J connectivity index is 2.13. The molecule has 0 saturated carbocycles. The zero-order valence-electron chi connectivity index (χ0n) is 22.5. The van der Waals surface area contributed by atoms with E-state index in [0.29, 0.717) is 11.3 Å². The first-order chi connectivity index (χ1) is 19.4. The van der Waals surface area contributed by atoms with Crippen molar-refractivity contribution in [2.24, 2.45) is 22.2 Å². The van der Waals surface area contributed by atoms with Crippen molar-refractivity contribution in [2.75, 3.05) is 6.54 Å². The number of nitrogens with zero attached hydrogens (tertiary/aromatic N) is 2. The number of aliphatic hydroxyl groups excluding tert-OH is 1. The lowest BCUT2D eigenvalue weighted by atomic mass is 10.0. The van der Waals surface area contributed by atoms with E-state index < -0.39 is 54.0 Å². The molecular weight excluding hydrogens is 538 g/mol. The van der Waals surface area contributed by atoms with E-state index in [-0.39, 0.29) is 43.9 Å². The van der Waals surface area contributed by atoms with Gasteiger partial charge in [0, 0.05) is 31.3 Å². The summed E-state index contributed by atoms with van der Waals surface area (Å²) in [6.45, 7) is 1.40. The van der Waals surface area contributed by atoms with Gasteiger partial charge in [0.05, 0.1) is 18.5 Å². The average Bonchev–Trinajstić information content (AvgIpc) is 3.42. The van der Waals surface area contributed by atoms with Gasteiger partial charge in [0.1, 0.15) is 23.9 Å². The fourth-order valence-corrected chi connectivity index (χ4v) is 3.77. The van der Waals surface area contributed by atoms with E-state index in [0.717, 1.165) is 0 Å². The number of phenols is 1. The summed E-state index contributed by atoms with van der Waals surface area (Å²) in [5.74, 6) is -3.94. The molecule has 41 heavy (non-hydrogen) atoms. The van der Waals surface area contributed by atoms with Crippen molar-refractivity contribution < 1.29 is 34.5 Å². The predicted octanol–water partition coefficient (Wildman–Crippen LogP) is -2.80. The van der Waals surface area contributed by atoms with Gasteiger partial charge in [-0.1, -0.05) is 12.1 Å². The molecule has 224 valence electrons. The fourth-order valence-electron chi connectivity index (χ4n) is 3.77. The Morgan fingerprint density at radius 3 is 2.22 bits per heavy atom. The van der Waals surface area contributed by atoms with E-state index in [2.05, 4.69) is 30.9 Å². The summed E-state index contributed by atoms with van der Waals surface area (Å²) >= 11 is 0. The van der Waals surface area contributed by atoms with Crippen LogP contribution in [0.25, 0.3) is 0 Å². The van der Waals surface area contributed by atoms with Crippen LogP contribution in [-0.2, 0) is 32.0 Å². The van der Waals surface area contributed by atoms with Crippen LogP contribution in [0.3, 0.4) is 0 Å². The SMILES string of the molecule is CC(O)C(NC(=O)C(CCCN=C(N)N)NC(=O)C(N)Cc1cnc[nH]1)C(=O)NC(Cc1ccc(O)cc1)C(=O)O. The summed E-state index contributed by atoms with van der Waals surface area (Å²) in [6.07, 6.45) is 1.82. The highest BCUT2D eigenvalue weighted by Crippen LogP contribution is 2.12. The number of hydrogen-bond donors (Lipinski definition) is 10. The van der Waals surface area contributed by atoms with E-state index in [1.54, 1.807) is 0 Å². The number of aliphatic imine (C=N–C) groups is 1. The highest BCUT2D eigenvalue weighted by molar-refractivity contribution is 5.94. The largest absolute Gasteiger partial charge is 0.508 e. The summed E-state index contributed by atoms with van der Waals surface area (Å²) in [6, 6.07) is 0.562. The number of aromatic hydroxyl groups is 1. The Labute approximate surface area is 235 Å². The van der Waals surface area contributed by atoms with Crippen molar-refractivity contribution in [3.05, 3.63) is 48.0 Å². The standard InChI is InChI=1S/C25H37N9O7/c1-13(35)20(23(39)33-19(24(40)41)9-14-4-6-16(36)7-5-14)34-22(38)18(3-2-8-30-25(27)28)32-21(37)17(26)10-15-11-29-12-31-15/h4-7,11-13,17-20,35-36H,2-3,8-10,26H2,1H3,(H,29,31)(H,32,37)(H,33,39)(H,34,38)(H,40,41)(H4,27,28,30). The topological polar surface area (TPSA) is 284 Å². The molecule has 3 amide bonds. The quantitative estimate of drug-likeness (QED) is 0.0554. The third-order valence-corrected chi connectivity index (χ3v) is 5.96. The molecule has 1 aromatic heterocycles. The lowest BCUT2D eigenvalue weighted by molar-refractivity contribution is -0.143. The van der Waals surface area contributed by atoms with Crippen molar-refractivity contribution in [2.45, 2.75) is 62.9 Å². The molecule has 16 heteroatoms. The number of phenolic OH excluding ortho intramolecular Hbond substituents is 1. The van der Waals surface area contributed by atoms with E-state index in [1.165, 1.54) is 43.7 Å². The highest BCUT2D eigenvalue weighted by Gasteiger charge is 2.32. The van der Waals surface area contributed by atoms with E-state index in [4.69, 9.17) is 17.2 Å². The summed E-state index contributed by atoms with van der Waals surface area (Å²) in [4.78, 5) is 61.3. The predicted molar refractivity (Wildman–Crippen MR) is 147 cm³/mol. The number of carboxylic acid groups (broad SMARTS) is 1. The summed E-state index contributed by atoms with van der Waals surface area (Å²) < 4.78 is 0. The number of aromatic nitrogens is 2. The zero-order valence-corrected chi connectivity index (χ0v) is 22.5. The number of amides is 3. The molecule has 0 fully saturated rings. The van der Waals surface area contributed by atoms with Gasteiger partial charge in [-0.15, -0.1) is 0 Å². The number of guanidine groups is 1. The smallest absolute Gasteiger partial charge is 0.326 e. The van der Waals surface area contributed by atoms with Crippen LogP contribution in [0.5, 0.6) is 5.75 Å². The molecule has 0 aliphatic heterocycles. The summed E-state index contributed by atoms with van der Waals surface area (Å²) in [5, 5.41) is 36.6. The molecule has 5 atom stereocenters. The Morgan fingerprint density at radius 2 is 1.66 bits per heavy atom. The van der Waals surface area contributed by atoms with E-state index >= 15 is 0 Å². The molecule has 0 aliphatic rings. The monoisotopic (exact) mass is 575 g/mol. The minimum Gasteiger partial charge on any atom is -0.508 e. The molecule has 5 unspecified atom stereocenters. The molecule has 0 bridgehead atoms. The number of aromatic amines is 1. The lowest BCUT2D eigenvalue weighted by Gasteiger charge is -2.26. The van der Waals surface area contributed by atoms with Crippen LogP contribution in [0.15, 0.2) is 41.8 Å². The minimum atomic E-state index is -1.56. The first kappa shape index (κ1) is 32.5. The second-order valence-electron chi connectivity index (χ2n) is 9.39. The van der Waals surface area contributed by atoms with Gasteiger partial charge in [-0.3, -0.25) is 19.4 Å². The van der Waals surface area contributed by atoms with Crippen molar-refractivity contribution in [3.8, 4) is 5.75 Å². The van der Waals surface area contributed by atoms with Gasteiger partial charge in [-0.2, -0.15) is 0 Å². The normalized spacial score (nSPS) is 14.5. The van der Waals surface area contributed by atoms with Crippen LogP contribution in [0.1, 0.15) is 31.0 Å². The number of imidazole rings is 1. The van der Waals surface area contributed by atoms with Gasteiger partial charge in [0.25, 0.3) is 0 Å². The van der Waals surface area contributed by atoms with Gasteiger partial charge >= 0.3 is 5.97 Å². The van der Waals surface area contributed by atoms with Crippen molar-refractivity contribution in [1.29, 1.82) is 0 Å². The second kappa shape index (κ2) is 15.8. The molecular formula is C25H37N9O7. The Hall–Kier alpha value is -4.70. The number of benzene rings is 1. The van der Waals surface area contributed by atoms with Gasteiger partial charge in [-0.05, 0) is 37.5 Å². The first-order valence-electron chi connectivity index (χ1n) is 12.8. The second-order valence-corrected chi connectivity index (χ2v) is 9.39. The molecule has 0 spiro atoms. The molecule has 2 aromatic rings. The van der Waals surface area contributed by atoms with Gasteiger partial charge < -0.3 is 53.5 Å². The highest BCUT2D eigenvalue weighted by atomic mass is 16.4. The zero-order chi connectivity index (χ0) is 30.5. The molecule has 1 heterocycles. The van der Waals surface area contributed by atoms with Gasteiger partial charge in [-0.25, -0.2) is 9.78 Å². The van der Waals surface area contributed by atoms with Crippen molar-refractivity contribution >= 4 is 29.7 Å². The average molecular weight is 576 g/mol. The number of hydrogen-bond acceptors (Lipinski definition) is 9. The number of carboxylic acids is 1. The summed E-state index contributed by atoms with van der Waals surface area (Å²) in [7, 11) is 0. The number of nitrogens with two attached hydrogens (primary N) is 3. The number of rotatable bonds is 16. The number of aliphatic hydroxyl groups is 1. The Morgan fingerprint density at radius 1 is 1.00 bits per heavy atom. The molecule has 13 N–H and O–H groups in total. The fraction of sp³-hybridized carbons (Fsp3) is 0.440. The molecule has 1 aromatic carbocycles. The molecule has 0 aliphatic carbocycles. The van der Waals surface area contributed by atoms with Crippen LogP contribution in [0, 0.1) is 0 Å². The van der Waals surface area contributed by atoms with Crippen LogP contribution in [0.4, 0.5) is 0 Å². The van der Waals surface area contributed by atoms with Gasteiger partial charge in [0.15, 0.2) is 5.96 Å². The van der Waals surface area contributed by atoms with Crippen LogP contribution >= 0.6 is 0 Å². The third kappa shape index (κ3) is 11.1. The maximum atomic E-state index is 13.2. The molecule has 16 nitrogen and oxygen atoms in total. The number of carbonyl (C=O) groups is 4.